The standard InChI is InChI=1S/C12H14N2O/c1-3-9-7-10(11-4-5-13-14-11)12(15)6-8(9)2/h4-7,15H,3H2,1-2H3,(H,13,14). The van der Waals surface area contributed by atoms with Gasteiger partial charge in [0.2, 0.25) is 0 Å². The fourth-order valence-electron chi connectivity index (χ4n) is 1.74. The third kappa shape index (κ3) is 1.73. The van der Waals surface area contributed by atoms with Crippen LogP contribution in [0.25, 0.3) is 11.3 Å². The first-order chi connectivity index (χ1) is 7.22. The molecule has 0 fully saturated rings. The number of benzene rings is 1. The van der Waals surface area contributed by atoms with Crippen molar-refractivity contribution in [3.8, 4) is 17.0 Å². The molecule has 3 heteroatoms. The van der Waals surface area contributed by atoms with Crippen molar-refractivity contribution in [3.05, 3.63) is 35.5 Å². The molecule has 1 aromatic heterocycles. The van der Waals surface area contributed by atoms with E-state index >= 15 is 0 Å². The molecular weight excluding hydrogens is 188 g/mol. The molecule has 0 amide bonds. The van der Waals surface area contributed by atoms with Gasteiger partial charge in [0.25, 0.3) is 0 Å². The summed E-state index contributed by atoms with van der Waals surface area (Å²) < 4.78 is 0. The summed E-state index contributed by atoms with van der Waals surface area (Å²) >= 11 is 0. The Morgan fingerprint density at radius 1 is 1.40 bits per heavy atom. The van der Waals surface area contributed by atoms with E-state index in [0.717, 1.165) is 23.2 Å². The van der Waals surface area contributed by atoms with Crippen LogP contribution in [0.5, 0.6) is 5.75 Å². The predicted molar refractivity (Wildman–Crippen MR) is 59.8 cm³/mol. The van der Waals surface area contributed by atoms with E-state index in [1.165, 1.54) is 5.56 Å². The number of nitrogens with zero attached hydrogens (tertiary/aromatic N) is 1. The normalized spacial score (nSPS) is 10.5. The molecule has 0 saturated heterocycles. The zero-order chi connectivity index (χ0) is 10.8. The number of rotatable bonds is 2. The molecule has 2 aromatic rings. The second-order valence-electron chi connectivity index (χ2n) is 3.62. The highest BCUT2D eigenvalue weighted by molar-refractivity contribution is 5.68. The number of aromatic amines is 1. The minimum atomic E-state index is 0.300. The van der Waals surface area contributed by atoms with Gasteiger partial charge in [-0.05, 0) is 42.7 Å². The lowest BCUT2D eigenvalue weighted by Gasteiger charge is -2.08. The summed E-state index contributed by atoms with van der Waals surface area (Å²) in [6.07, 6.45) is 2.65. The Morgan fingerprint density at radius 3 is 2.80 bits per heavy atom. The lowest BCUT2D eigenvalue weighted by Crippen LogP contribution is -1.89. The summed E-state index contributed by atoms with van der Waals surface area (Å²) in [6, 6.07) is 5.66. The number of nitrogens with one attached hydrogen (secondary N) is 1. The topological polar surface area (TPSA) is 48.9 Å². The Bertz CT molecular complexity index is 461. The van der Waals surface area contributed by atoms with E-state index in [4.69, 9.17) is 0 Å². The van der Waals surface area contributed by atoms with Crippen LogP contribution in [-0.4, -0.2) is 15.3 Å². The van der Waals surface area contributed by atoms with Crippen LogP contribution in [0.15, 0.2) is 24.4 Å². The molecule has 0 radical (unpaired) electrons. The number of aromatic nitrogens is 2. The molecule has 0 aliphatic rings. The van der Waals surface area contributed by atoms with Crippen LogP contribution in [-0.2, 0) is 6.42 Å². The van der Waals surface area contributed by atoms with Gasteiger partial charge in [0, 0.05) is 11.8 Å². The number of aromatic hydroxyl groups is 1. The Hall–Kier alpha value is -1.77. The Balaban J connectivity index is 2.57. The molecule has 0 unspecified atom stereocenters. The highest BCUT2D eigenvalue weighted by atomic mass is 16.3. The van der Waals surface area contributed by atoms with Gasteiger partial charge in [-0.2, -0.15) is 5.10 Å². The van der Waals surface area contributed by atoms with E-state index in [9.17, 15) is 5.11 Å². The molecule has 3 nitrogen and oxygen atoms in total. The maximum atomic E-state index is 9.84. The Labute approximate surface area is 88.8 Å². The van der Waals surface area contributed by atoms with E-state index < -0.39 is 0 Å². The molecule has 2 rings (SSSR count). The molecule has 15 heavy (non-hydrogen) atoms. The van der Waals surface area contributed by atoms with Crippen molar-refractivity contribution in [2.45, 2.75) is 20.3 Å². The van der Waals surface area contributed by atoms with Gasteiger partial charge in [-0.25, -0.2) is 0 Å². The molecule has 78 valence electrons. The molecule has 0 aliphatic carbocycles. The van der Waals surface area contributed by atoms with Crippen molar-refractivity contribution >= 4 is 0 Å². The molecule has 1 aromatic carbocycles. The van der Waals surface area contributed by atoms with Gasteiger partial charge in [0.1, 0.15) is 5.75 Å². The summed E-state index contributed by atoms with van der Waals surface area (Å²) in [6.45, 7) is 4.12. The second-order valence-corrected chi connectivity index (χ2v) is 3.62. The number of phenols is 1. The van der Waals surface area contributed by atoms with E-state index in [2.05, 4.69) is 17.1 Å². The van der Waals surface area contributed by atoms with Gasteiger partial charge in [-0.3, -0.25) is 5.10 Å². The van der Waals surface area contributed by atoms with Crippen LogP contribution < -0.4 is 0 Å². The third-order valence-electron chi connectivity index (χ3n) is 2.63. The quantitative estimate of drug-likeness (QED) is 0.786. The second kappa shape index (κ2) is 3.77. The van der Waals surface area contributed by atoms with Crippen molar-refractivity contribution in [1.82, 2.24) is 10.2 Å². The van der Waals surface area contributed by atoms with Gasteiger partial charge < -0.3 is 5.11 Å². The van der Waals surface area contributed by atoms with E-state index in [0.29, 0.717) is 5.75 Å². The molecule has 0 aliphatic heterocycles. The first-order valence-corrected chi connectivity index (χ1v) is 5.04. The van der Waals surface area contributed by atoms with Crippen molar-refractivity contribution in [2.75, 3.05) is 0 Å². The minimum Gasteiger partial charge on any atom is -0.507 e. The smallest absolute Gasteiger partial charge is 0.125 e. The summed E-state index contributed by atoms with van der Waals surface area (Å²) in [4.78, 5) is 0. The number of hydrogen-bond donors (Lipinski definition) is 2. The van der Waals surface area contributed by atoms with Gasteiger partial charge in [0.15, 0.2) is 0 Å². The average molecular weight is 202 g/mol. The molecule has 0 bridgehead atoms. The molecule has 0 spiro atoms. The highest BCUT2D eigenvalue weighted by Crippen LogP contribution is 2.30. The monoisotopic (exact) mass is 202 g/mol. The largest absolute Gasteiger partial charge is 0.507 e. The fourth-order valence-corrected chi connectivity index (χ4v) is 1.74. The Morgan fingerprint density at radius 2 is 2.20 bits per heavy atom. The lowest BCUT2D eigenvalue weighted by molar-refractivity contribution is 0.476. The van der Waals surface area contributed by atoms with Crippen LogP contribution in [0, 0.1) is 6.92 Å². The van der Waals surface area contributed by atoms with Crippen molar-refractivity contribution < 1.29 is 5.11 Å². The summed E-state index contributed by atoms with van der Waals surface area (Å²) in [5, 5.41) is 16.6. The lowest BCUT2D eigenvalue weighted by atomic mass is 10.0. The number of H-pyrrole nitrogens is 1. The highest BCUT2D eigenvalue weighted by Gasteiger charge is 2.08. The van der Waals surface area contributed by atoms with E-state index in [-0.39, 0.29) is 0 Å². The predicted octanol–water partition coefficient (Wildman–Crippen LogP) is 2.65. The zero-order valence-corrected chi connectivity index (χ0v) is 8.91. The molecule has 1 heterocycles. The third-order valence-corrected chi connectivity index (χ3v) is 2.63. The maximum absolute atomic E-state index is 9.84. The van der Waals surface area contributed by atoms with Crippen LogP contribution in [0.1, 0.15) is 18.1 Å². The maximum Gasteiger partial charge on any atom is 0.125 e. The van der Waals surface area contributed by atoms with Gasteiger partial charge in [-0.15, -0.1) is 0 Å². The first-order valence-electron chi connectivity index (χ1n) is 5.04. The van der Waals surface area contributed by atoms with Crippen molar-refractivity contribution in [2.24, 2.45) is 0 Å². The fraction of sp³-hybridized carbons (Fsp3) is 0.250. The summed E-state index contributed by atoms with van der Waals surface area (Å²) in [5.41, 5.74) is 4.04. The number of phenolic OH excluding ortho intramolecular Hbond substituents is 1. The molecule has 2 N–H and O–H groups in total. The van der Waals surface area contributed by atoms with Gasteiger partial charge in [-0.1, -0.05) is 6.92 Å². The first kappa shape index (κ1) is 9.77. The van der Waals surface area contributed by atoms with Crippen LogP contribution >= 0.6 is 0 Å². The molecule has 0 saturated carbocycles. The van der Waals surface area contributed by atoms with Gasteiger partial charge in [0.05, 0.1) is 5.69 Å². The van der Waals surface area contributed by atoms with Crippen LogP contribution in [0.2, 0.25) is 0 Å². The number of hydrogen-bond acceptors (Lipinski definition) is 2. The molecular formula is C12H14N2O. The van der Waals surface area contributed by atoms with Crippen LogP contribution in [0.3, 0.4) is 0 Å². The average Bonchev–Trinajstić information content (AvgIpc) is 2.71. The summed E-state index contributed by atoms with van der Waals surface area (Å²) in [5.74, 6) is 0.300. The minimum absolute atomic E-state index is 0.300. The molecule has 0 atom stereocenters. The van der Waals surface area contributed by atoms with Crippen LogP contribution in [0.4, 0.5) is 0 Å². The van der Waals surface area contributed by atoms with E-state index in [1.54, 1.807) is 12.3 Å². The van der Waals surface area contributed by atoms with Crippen molar-refractivity contribution in [3.63, 3.8) is 0 Å². The zero-order valence-electron chi connectivity index (χ0n) is 8.91. The summed E-state index contributed by atoms with van der Waals surface area (Å²) in [7, 11) is 0. The SMILES string of the molecule is CCc1cc(-c2ccn[nH]2)c(O)cc1C. The Kier molecular flexibility index (Phi) is 2.46. The van der Waals surface area contributed by atoms with E-state index in [1.807, 2.05) is 19.1 Å². The number of aryl methyl sites for hydroxylation is 2. The van der Waals surface area contributed by atoms with Gasteiger partial charge >= 0.3 is 0 Å². The van der Waals surface area contributed by atoms with Crippen molar-refractivity contribution in [1.29, 1.82) is 0 Å².